The fraction of sp³-hybridized carbons (Fsp3) is 0.550. The van der Waals surface area contributed by atoms with E-state index in [0.29, 0.717) is 26.2 Å². The summed E-state index contributed by atoms with van der Waals surface area (Å²) in [5.74, 6) is -1.90. The van der Waals surface area contributed by atoms with Crippen LogP contribution in [0.25, 0.3) is 0 Å². The number of allylic oxidation sites excluding steroid dienone is 1. The van der Waals surface area contributed by atoms with Gasteiger partial charge in [-0.1, -0.05) is 30.7 Å². The van der Waals surface area contributed by atoms with Gasteiger partial charge in [-0.05, 0) is 46.2 Å². The van der Waals surface area contributed by atoms with Crippen LogP contribution in [0.2, 0.25) is 5.54 Å². The number of hydrogen-bond acceptors (Lipinski definition) is 6. The Bertz CT molecular complexity index is 771. The summed E-state index contributed by atoms with van der Waals surface area (Å²) in [6, 6.07) is 6.34. The van der Waals surface area contributed by atoms with Crippen molar-refractivity contribution in [2.45, 2.75) is 51.5 Å². The van der Waals surface area contributed by atoms with Crippen LogP contribution in [0.15, 0.2) is 40.8 Å². The van der Waals surface area contributed by atoms with Crippen molar-refractivity contribution in [2.24, 2.45) is 0 Å². The van der Waals surface area contributed by atoms with Crippen molar-refractivity contribution in [2.75, 3.05) is 25.6 Å². The molecular weight excluding hydrogens is 412 g/mol. The third-order valence-corrected chi connectivity index (χ3v) is 9.57. The average molecular weight is 445 g/mol. The molecule has 0 fully saturated rings. The minimum Gasteiger partial charge on any atom is -0.478 e. The van der Waals surface area contributed by atoms with Crippen molar-refractivity contribution in [1.29, 1.82) is 0 Å². The highest BCUT2D eigenvalue weighted by Crippen LogP contribution is 2.32. The smallest absolute Gasteiger partial charge is 0.478 e. The summed E-state index contributed by atoms with van der Waals surface area (Å²) in [4.78, 5) is 12.0. The monoisotopic (exact) mass is 444 g/mol. The molecule has 0 radical (unpaired) electrons. The Kier molecular flexibility index (Phi) is 10.2. The second-order valence-corrected chi connectivity index (χ2v) is 11.3. The van der Waals surface area contributed by atoms with Crippen LogP contribution >= 0.6 is 0 Å². The first-order valence-corrected chi connectivity index (χ1v) is 13.3. The van der Waals surface area contributed by atoms with Crippen LogP contribution in [0.1, 0.15) is 39.7 Å². The van der Waals surface area contributed by atoms with E-state index < -0.39 is 35.9 Å². The van der Waals surface area contributed by atoms with Crippen molar-refractivity contribution in [3.05, 3.63) is 41.5 Å². The summed E-state index contributed by atoms with van der Waals surface area (Å²) < 4.78 is 43.2. The van der Waals surface area contributed by atoms with Crippen molar-refractivity contribution < 1.29 is 31.6 Å². The number of carbonyl (C=O) groups is 1. The van der Waals surface area contributed by atoms with Crippen molar-refractivity contribution in [1.82, 2.24) is 0 Å². The van der Waals surface area contributed by atoms with Crippen LogP contribution in [0, 0.1) is 6.92 Å². The number of hydrogen-bond donors (Lipinski definition) is 1. The molecule has 0 aliphatic rings. The Morgan fingerprint density at radius 2 is 1.52 bits per heavy atom. The van der Waals surface area contributed by atoms with E-state index in [9.17, 15) is 18.3 Å². The molecule has 0 aliphatic heterocycles. The van der Waals surface area contributed by atoms with Gasteiger partial charge < -0.3 is 18.4 Å². The van der Waals surface area contributed by atoms with Gasteiger partial charge in [-0.2, -0.15) is 0 Å². The van der Waals surface area contributed by atoms with Crippen molar-refractivity contribution >= 4 is 24.6 Å². The third kappa shape index (κ3) is 7.04. The normalized spacial score (nSPS) is 14.0. The van der Waals surface area contributed by atoms with Gasteiger partial charge in [0, 0.05) is 30.9 Å². The van der Waals surface area contributed by atoms with E-state index in [4.69, 9.17) is 13.3 Å². The zero-order chi connectivity index (χ0) is 22.1. The number of carboxylic acids is 1. The third-order valence-electron chi connectivity index (χ3n) is 4.33. The summed E-state index contributed by atoms with van der Waals surface area (Å²) in [5, 5.41) is 9.69. The van der Waals surface area contributed by atoms with Gasteiger partial charge >= 0.3 is 14.8 Å². The maximum atomic E-state index is 12.8. The number of aliphatic carboxylic acids is 1. The molecule has 0 aliphatic carbocycles. The molecule has 1 rings (SSSR count). The fourth-order valence-electron chi connectivity index (χ4n) is 2.98. The highest BCUT2D eigenvalue weighted by Gasteiger charge is 2.47. The minimum atomic E-state index is -3.81. The van der Waals surface area contributed by atoms with Gasteiger partial charge in [0.1, 0.15) is 0 Å². The Balaban J connectivity index is 3.35. The Hall–Kier alpha value is -1.52. The van der Waals surface area contributed by atoms with Gasteiger partial charge in [0.2, 0.25) is 0 Å². The van der Waals surface area contributed by atoms with Gasteiger partial charge in [-0.15, -0.1) is 0 Å². The summed E-state index contributed by atoms with van der Waals surface area (Å²) in [6.07, 6.45) is 1.94. The Labute approximate surface area is 175 Å². The average Bonchev–Trinajstić information content (AvgIpc) is 2.65. The predicted octanol–water partition coefficient (Wildman–Crippen LogP) is 3.61. The fourth-order valence-corrected chi connectivity index (χ4v) is 7.33. The van der Waals surface area contributed by atoms with Gasteiger partial charge in [0.25, 0.3) is 0 Å². The molecule has 0 spiro atoms. The molecule has 164 valence electrons. The zero-order valence-electron chi connectivity index (χ0n) is 17.8. The van der Waals surface area contributed by atoms with Gasteiger partial charge in [0.15, 0.2) is 9.84 Å². The quantitative estimate of drug-likeness (QED) is 0.366. The van der Waals surface area contributed by atoms with E-state index in [1.54, 1.807) is 12.1 Å². The molecule has 0 heterocycles. The number of sulfone groups is 1. The van der Waals surface area contributed by atoms with Crippen molar-refractivity contribution in [3.63, 3.8) is 0 Å². The summed E-state index contributed by atoms with van der Waals surface area (Å²) in [5.41, 5.74) is 0.236. The van der Waals surface area contributed by atoms with Crippen molar-refractivity contribution in [3.8, 4) is 0 Å². The summed E-state index contributed by atoms with van der Waals surface area (Å²) in [7, 11) is -7.04. The van der Waals surface area contributed by atoms with Gasteiger partial charge in [0.05, 0.1) is 10.6 Å². The van der Waals surface area contributed by atoms with Crippen LogP contribution in [0.5, 0.6) is 0 Å². The summed E-state index contributed by atoms with van der Waals surface area (Å²) in [6.45, 7) is 10.2. The van der Waals surface area contributed by atoms with E-state index in [2.05, 4.69) is 0 Å². The molecule has 1 N–H and O–H groups in total. The molecule has 0 bridgehead atoms. The molecule has 1 aromatic carbocycles. The highest BCUT2D eigenvalue weighted by molar-refractivity contribution is 7.91. The largest absolute Gasteiger partial charge is 0.508 e. The van der Waals surface area contributed by atoms with Crippen LogP contribution in [-0.2, 0) is 27.9 Å². The maximum absolute atomic E-state index is 12.8. The zero-order valence-corrected chi connectivity index (χ0v) is 19.6. The SMILES string of the molecule is CCO[Si](OCC)(OCC)C(/C=C(\CS(=O)(=O)c1ccc(C)cc1)C(=O)O)CC. The molecule has 9 heteroatoms. The van der Waals surface area contributed by atoms with Gasteiger partial charge in [-0.3, -0.25) is 0 Å². The molecule has 0 saturated carbocycles. The van der Waals surface area contributed by atoms with Crippen LogP contribution < -0.4 is 0 Å². The number of benzene rings is 1. The van der Waals surface area contributed by atoms with Crippen LogP contribution in [0.3, 0.4) is 0 Å². The molecular formula is C20H32O7SSi. The lowest BCUT2D eigenvalue weighted by molar-refractivity contribution is -0.132. The molecule has 1 aromatic rings. The van der Waals surface area contributed by atoms with E-state index >= 15 is 0 Å². The topological polar surface area (TPSA) is 99.1 Å². The number of aryl methyl sites for hydroxylation is 1. The molecule has 0 aromatic heterocycles. The van der Waals surface area contributed by atoms with E-state index in [-0.39, 0.29) is 10.5 Å². The van der Waals surface area contributed by atoms with Crippen LogP contribution in [0.4, 0.5) is 0 Å². The molecule has 0 saturated heterocycles. The first kappa shape index (κ1) is 25.5. The minimum absolute atomic E-state index is 0.0891. The van der Waals surface area contributed by atoms with Crippen LogP contribution in [-0.4, -0.2) is 53.9 Å². The number of carboxylic acid groups (broad SMARTS) is 1. The first-order valence-electron chi connectivity index (χ1n) is 9.80. The molecule has 1 unspecified atom stereocenters. The number of rotatable bonds is 13. The van der Waals surface area contributed by atoms with Gasteiger partial charge in [-0.25, -0.2) is 13.2 Å². The summed E-state index contributed by atoms with van der Waals surface area (Å²) >= 11 is 0. The standard InChI is InChI=1S/C20H32O7SSi/c1-6-19(29(25-7-2,26-8-3)27-9-4)14-17(20(21)22)15-28(23,24)18-12-10-16(5)11-13-18/h10-14,19H,6-9,15H2,1-5H3,(H,21,22)/b17-14+. The Morgan fingerprint density at radius 3 is 1.90 bits per heavy atom. The molecule has 29 heavy (non-hydrogen) atoms. The molecule has 7 nitrogen and oxygen atoms in total. The molecule has 0 amide bonds. The maximum Gasteiger partial charge on any atom is 0.508 e. The molecule has 1 atom stereocenters. The highest BCUT2D eigenvalue weighted by atomic mass is 32.2. The second-order valence-electron chi connectivity index (χ2n) is 6.49. The second kappa shape index (κ2) is 11.6. The lowest BCUT2D eigenvalue weighted by Crippen LogP contribution is -2.50. The Morgan fingerprint density at radius 1 is 1.03 bits per heavy atom. The van der Waals surface area contributed by atoms with E-state index in [1.807, 2.05) is 34.6 Å². The lowest BCUT2D eigenvalue weighted by Gasteiger charge is -2.33. The lowest BCUT2D eigenvalue weighted by atomic mass is 10.2. The van der Waals surface area contributed by atoms with E-state index in [0.717, 1.165) is 5.56 Å². The van der Waals surface area contributed by atoms with E-state index in [1.165, 1.54) is 18.2 Å². The predicted molar refractivity (Wildman–Crippen MR) is 114 cm³/mol. The first-order chi connectivity index (χ1) is 13.7.